The molecule has 3 nitrogen and oxygen atoms in total. The number of Topliss-reactive ketones (excluding diaryl/α,β-unsaturated/α-hetero) is 1. The molecule has 0 spiro atoms. The molecule has 0 unspecified atom stereocenters. The van der Waals surface area contributed by atoms with Crippen LogP contribution in [0.1, 0.15) is 28.8 Å². The molecule has 0 radical (unpaired) electrons. The summed E-state index contributed by atoms with van der Waals surface area (Å²) in [6.45, 7) is 0.353. The number of nitrogen functional groups attached to an aromatic ring is 1. The molecule has 0 saturated heterocycles. The normalized spacial score (nSPS) is 11.5. The van der Waals surface area contributed by atoms with Crippen molar-refractivity contribution in [2.45, 2.75) is 19.0 Å². The van der Waals surface area contributed by atoms with Crippen LogP contribution in [-0.4, -0.2) is 12.3 Å². The van der Waals surface area contributed by atoms with Gasteiger partial charge in [0.2, 0.25) is 0 Å². The molecule has 1 rings (SSSR count). The van der Waals surface area contributed by atoms with Gasteiger partial charge in [-0.2, -0.15) is 13.2 Å². The number of carbonyl (C=O) groups is 1. The summed E-state index contributed by atoms with van der Waals surface area (Å²) in [5.74, 6) is -0.290. The number of anilines is 1. The van der Waals surface area contributed by atoms with Gasteiger partial charge in [0.05, 0.1) is 5.56 Å². The molecule has 0 aliphatic rings. The van der Waals surface area contributed by atoms with E-state index in [9.17, 15) is 18.0 Å². The number of halogens is 3. The van der Waals surface area contributed by atoms with E-state index in [1.807, 2.05) is 0 Å². The van der Waals surface area contributed by atoms with E-state index >= 15 is 0 Å². The Morgan fingerprint density at radius 3 is 2.41 bits per heavy atom. The van der Waals surface area contributed by atoms with Gasteiger partial charge in [0.15, 0.2) is 5.78 Å². The van der Waals surface area contributed by atoms with Crippen molar-refractivity contribution in [2.75, 3.05) is 12.3 Å². The van der Waals surface area contributed by atoms with Crippen molar-refractivity contribution < 1.29 is 18.0 Å². The molecule has 0 amide bonds. The molecule has 0 aromatic heterocycles. The highest BCUT2D eigenvalue weighted by molar-refractivity contribution is 6.00. The maximum Gasteiger partial charge on any atom is 0.416 e. The second kappa shape index (κ2) is 5.18. The minimum Gasteiger partial charge on any atom is -0.398 e. The first-order valence-electron chi connectivity index (χ1n) is 5.06. The third-order valence-electron chi connectivity index (χ3n) is 2.29. The summed E-state index contributed by atoms with van der Waals surface area (Å²) in [6, 6.07) is 2.73. The molecule has 6 heteroatoms. The first kappa shape index (κ1) is 13.5. The number of carbonyl (C=O) groups excluding carboxylic acids is 1. The molecule has 0 bridgehead atoms. The van der Waals surface area contributed by atoms with Crippen molar-refractivity contribution >= 4 is 11.5 Å². The fraction of sp³-hybridized carbons (Fsp3) is 0.364. The molecule has 17 heavy (non-hydrogen) atoms. The second-order valence-electron chi connectivity index (χ2n) is 3.62. The molecule has 0 saturated carbocycles. The van der Waals surface area contributed by atoms with Gasteiger partial charge < -0.3 is 11.5 Å². The zero-order chi connectivity index (χ0) is 13.1. The van der Waals surface area contributed by atoms with Crippen LogP contribution in [0.5, 0.6) is 0 Å². The van der Waals surface area contributed by atoms with Crippen LogP contribution in [0.25, 0.3) is 0 Å². The molecular weight excluding hydrogens is 233 g/mol. The number of rotatable bonds is 4. The van der Waals surface area contributed by atoms with Crippen molar-refractivity contribution in [3.05, 3.63) is 29.3 Å². The minimum absolute atomic E-state index is 0.117. The Balaban J connectivity index is 2.94. The summed E-state index contributed by atoms with van der Waals surface area (Å²) in [6.07, 6.45) is -3.78. The summed E-state index contributed by atoms with van der Waals surface area (Å²) < 4.78 is 37.0. The lowest BCUT2D eigenvalue weighted by atomic mass is 10.0. The third kappa shape index (κ3) is 3.45. The van der Waals surface area contributed by atoms with E-state index in [0.29, 0.717) is 13.0 Å². The number of ketones is 1. The van der Waals surface area contributed by atoms with Crippen molar-refractivity contribution in [2.24, 2.45) is 5.73 Å². The molecule has 0 atom stereocenters. The molecule has 94 valence electrons. The molecule has 1 aromatic rings. The predicted molar refractivity (Wildman–Crippen MR) is 58.5 cm³/mol. The number of benzene rings is 1. The standard InChI is InChI=1S/C11H13F3N2O/c12-11(13,14)7-3-4-8(9(16)6-7)10(17)2-1-5-15/h3-4,6H,1-2,5,15-16H2. The van der Waals surface area contributed by atoms with Gasteiger partial charge in [0, 0.05) is 17.7 Å². The highest BCUT2D eigenvalue weighted by Gasteiger charge is 2.31. The Bertz CT molecular complexity index is 416. The minimum atomic E-state index is -4.45. The van der Waals surface area contributed by atoms with Gasteiger partial charge in [-0.1, -0.05) is 0 Å². The summed E-state index contributed by atoms with van der Waals surface area (Å²) >= 11 is 0. The molecule has 0 heterocycles. The summed E-state index contributed by atoms with van der Waals surface area (Å²) in [4.78, 5) is 11.6. The Morgan fingerprint density at radius 2 is 1.94 bits per heavy atom. The third-order valence-corrected chi connectivity index (χ3v) is 2.29. The Labute approximate surface area is 96.6 Å². The zero-order valence-electron chi connectivity index (χ0n) is 9.05. The smallest absolute Gasteiger partial charge is 0.398 e. The second-order valence-corrected chi connectivity index (χ2v) is 3.62. The van der Waals surface area contributed by atoms with Crippen LogP contribution in [0.3, 0.4) is 0 Å². The average Bonchev–Trinajstić information content (AvgIpc) is 2.24. The fourth-order valence-corrected chi connectivity index (χ4v) is 1.39. The van der Waals surface area contributed by atoms with E-state index < -0.39 is 11.7 Å². The summed E-state index contributed by atoms with van der Waals surface area (Å²) in [7, 11) is 0. The van der Waals surface area contributed by atoms with E-state index in [1.165, 1.54) is 0 Å². The first-order chi connectivity index (χ1) is 7.86. The largest absolute Gasteiger partial charge is 0.416 e. The van der Waals surface area contributed by atoms with E-state index in [1.54, 1.807) is 0 Å². The molecule has 0 fully saturated rings. The van der Waals surface area contributed by atoms with Crippen molar-refractivity contribution in [1.29, 1.82) is 0 Å². The van der Waals surface area contributed by atoms with Crippen LogP contribution in [0.4, 0.5) is 18.9 Å². The van der Waals surface area contributed by atoms with Crippen LogP contribution in [0.15, 0.2) is 18.2 Å². The fourth-order valence-electron chi connectivity index (χ4n) is 1.39. The van der Waals surface area contributed by atoms with Crippen molar-refractivity contribution in [3.63, 3.8) is 0 Å². The van der Waals surface area contributed by atoms with Crippen LogP contribution in [0.2, 0.25) is 0 Å². The molecule has 4 N–H and O–H groups in total. The monoisotopic (exact) mass is 246 g/mol. The predicted octanol–water partition coefficient (Wildman–Crippen LogP) is 2.21. The van der Waals surface area contributed by atoms with Crippen LogP contribution in [-0.2, 0) is 6.18 Å². The van der Waals surface area contributed by atoms with Crippen LogP contribution < -0.4 is 11.5 Å². The summed E-state index contributed by atoms with van der Waals surface area (Å²) in [5, 5.41) is 0. The maximum atomic E-state index is 12.3. The lowest BCUT2D eigenvalue weighted by Crippen LogP contribution is -2.10. The van der Waals surface area contributed by atoms with E-state index in [0.717, 1.165) is 18.2 Å². The SMILES string of the molecule is NCCCC(=O)c1ccc(C(F)(F)F)cc1N. The van der Waals surface area contributed by atoms with Gasteiger partial charge in [-0.25, -0.2) is 0 Å². The van der Waals surface area contributed by atoms with Crippen LogP contribution in [0, 0.1) is 0 Å². The van der Waals surface area contributed by atoms with Crippen molar-refractivity contribution in [3.8, 4) is 0 Å². The number of hydrogen-bond acceptors (Lipinski definition) is 3. The molecular formula is C11H13F3N2O. The number of alkyl halides is 3. The van der Waals surface area contributed by atoms with Gasteiger partial charge >= 0.3 is 6.18 Å². The maximum absolute atomic E-state index is 12.3. The first-order valence-corrected chi connectivity index (χ1v) is 5.06. The zero-order valence-corrected chi connectivity index (χ0v) is 9.05. The number of nitrogens with two attached hydrogens (primary N) is 2. The van der Waals surface area contributed by atoms with Crippen molar-refractivity contribution in [1.82, 2.24) is 0 Å². The Morgan fingerprint density at radius 1 is 1.29 bits per heavy atom. The number of hydrogen-bond donors (Lipinski definition) is 2. The lowest BCUT2D eigenvalue weighted by molar-refractivity contribution is -0.137. The van der Waals surface area contributed by atoms with Gasteiger partial charge in [-0.05, 0) is 31.2 Å². The van der Waals surface area contributed by atoms with E-state index in [-0.39, 0.29) is 23.5 Å². The van der Waals surface area contributed by atoms with Gasteiger partial charge in [0.1, 0.15) is 0 Å². The van der Waals surface area contributed by atoms with Gasteiger partial charge in [-0.15, -0.1) is 0 Å². The summed E-state index contributed by atoms with van der Waals surface area (Å²) in [5.41, 5.74) is 9.79. The Hall–Kier alpha value is -1.56. The van der Waals surface area contributed by atoms with Crippen LogP contribution >= 0.6 is 0 Å². The highest BCUT2D eigenvalue weighted by atomic mass is 19.4. The molecule has 0 aliphatic heterocycles. The topological polar surface area (TPSA) is 69.1 Å². The van der Waals surface area contributed by atoms with Gasteiger partial charge in [0.25, 0.3) is 0 Å². The van der Waals surface area contributed by atoms with Gasteiger partial charge in [-0.3, -0.25) is 4.79 Å². The molecule has 1 aromatic carbocycles. The lowest BCUT2D eigenvalue weighted by Gasteiger charge is -2.10. The molecule has 0 aliphatic carbocycles. The quantitative estimate of drug-likeness (QED) is 0.632. The van der Waals surface area contributed by atoms with E-state index in [2.05, 4.69) is 0 Å². The average molecular weight is 246 g/mol. The van der Waals surface area contributed by atoms with E-state index in [4.69, 9.17) is 11.5 Å². The Kier molecular flexibility index (Phi) is 4.11. The highest BCUT2D eigenvalue weighted by Crippen LogP contribution is 2.31.